The van der Waals surface area contributed by atoms with E-state index in [1.54, 1.807) is 33.4 Å². The minimum Gasteiger partial charge on any atom is -0.385 e. The Morgan fingerprint density at radius 3 is 2.52 bits per heavy atom. The molecular weight excluding hydrogens is 323 g/mol. The smallest absolute Gasteiger partial charge is 0.191 e. The quantitative estimate of drug-likeness (QED) is 0.359. The number of hydrogen-bond donors (Lipinski definition) is 2. The van der Waals surface area contributed by atoms with Crippen molar-refractivity contribution >= 4 is 5.96 Å². The third kappa shape index (κ3) is 8.81. The molecular formula is C18H31FN4O2. The Kier molecular flexibility index (Phi) is 10.8. The van der Waals surface area contributed by atoms with Crippen LogP contribution in [0.1, 0.15) is 18.1 Å². The highest BCUT2D eigenvalue weighted by Gasteiger charge is 2.11. The van der Waals surface area contributed by atoms with Gasteiger partial charge in [-0.1, -0.05) is 12.1 Å². The first-order chi connectivity index (χ1) is 12.1. The lowest BCUT2D eigenvalue weighted by Gasteiger charge is -2.20. The number of benzene rings is 1. The number of ether oxygens (including phenoxy) is 2. The highest BCUT2D eigenvalue weighted by Crippen LogP contribution is 2.15. The van der Waals surface area contributed by atoms with Crippen molar-refractivity contribution in [3.8, 4) is 0 Å². The molecule has 0 fully saturated rings. The summed E-state index contributed by atoms with van der Waals surface area (Å²) in [6.07, 6.45) is 0.851. The maximum Gasteiger partial charge on any atom is 0.191 e. The van der Waals surface area contributed by atoms with Gasteiger partial charge in [-0.05, 0) is 31.2 Å². The van der Waals surface area contributed by atoms with Gasteiger partial charge in [-0.3, -0.25) is 4.99 Å². The summed E-state index contributed by atoms with van der Waals surface area (Å²) in [5.41, 5.74) is 0.921. The monoisotopic (exact) mass is 354 g/mol. The normalized spacial score (nSPS) is 13.1. The Bertz CT molecular complexity index is 496. The Morgan fingerprint density at radius 2 is 1.92 bits per heavy atom. The standard InChI is InChI=1S/C18H31FN4O2/c1-20-18(21-10-12-23(2)11-5-13-24-3)22-14-17(25-4)15-6-8-16(19)9-7-15/h6-9,17H,5,10-14H2,1-4H3,(H2,20,21,22). The largest absolute Gasteiger partial charge is 0.385 e. The summed E-state index contributed by atoms with van der Waals surface area (Å²) in [4.78, 5) is 6.46. The van der Waals surface area contributed by atoms with Gasteiger partial charge in [0.05, 0.1) is 6.10 Å². The number of halogens is 1. The van der Waals surface area contributed by atoms with Crippen molar-refractivity contribution in [3.63, 3.8) is 0 Å². The summed E-state index contributed by atoms with van der Waals surface area (Å²) in [7, 11) is 7.18. The van der Waals surface area contributed by atoms with Crippen LogP contribution in [-0.4, -0.2) is 72.0 Å². The Labute approximate surface area is 150 Å². The zero-order valence-corrected chi connectivity index (χ0v) is 15.7. The highest BCUT2D eigenvalue weighted by molar-refractivity contribution is 5.79. The van der Waals surface area contributed by atoms with Gasteiger partial charge in [0.15, 0.2) is 5.96 Å². The molecule has 0 radical (unpaired) electrons. The second-order valence-electron chi connectivity index (χ2n) is 5.81. The van der Waals surface area contributed by atoms with Gasteiger partial charge in [0, 0.05) is 54.1 Å². The van der Waals surface area contributed by atoms with Crippen LogP contribution in [0.4, 0.5) is 4.39 Å². The van der Waals surface area contributed by atoms with Gasteiger partial charge in [0.2, 0.25) is 0 Å². The van der Waals surface area contributed by atoms with Gasteiger partial charge >= 0.3 is 0 Å². The molecule has 25 heavy (non-hydrogen) atoms. The Morgan fingerprint density at radius 1 is 1.20 bits per heavy atom. The van der Waals surface area contributed by atoms with Crippen LogP contribution >= 0.6 is 0 Å². The van der Waals surface area contributed by atoms with Crippen molar-refractivity contribution < 1.29 is 13.9 Å². The molecule has 1 unspecified atom stereocenters. The Hall–Kier alpha value is -1.70. The van der Waals surface area contributed by atoms with E-state index in [-0.39, 0.29) is 11.9 Å². The molecule has 0 aliphatic carbocycles. The molecule has 7 heteroatoms. The molecule has 142 valence electrons. The van der Waals surface area contributed by atoms with Gasteiger partial charge in [0.25, 0.3) is 0 Å². The van der Waals surface area contributed by atoms with Gasteiger partial charge in [0.1, 0.15) is 5.82 Å². The average molecular weight is 354 g/mol. The zero-order valence-electron chi connectivity index (χ0n) is 15.7. The minimum absolute atomic E-state index is 0.170. The summed E-state index contributed by atoms with van der Waals surface area (Å²) < 4.78 is 23.6. The van der Waals surface area contributed by atoms with Gasteiger partial charge < -0.3 is 25.0 Å². The first kappa shape index (κ1) is 21.3. The van der Waals surface area contributed by atoms with E-state index >= 15 is 0 Å². The molecule has 0 saturated carbocycles. The molecule has 1 atom stereocenters. The maximum atomic E-state index is 13.0. The fraction of sp³-hybridized carbons (Fsp3) is 0.611. The second-order valence-corrected chi connectivity index (χ2v) is 5.81. The summed E-state index contributed by atoms with van der Waals surface area (Å²) in [6.45, 7) is 4.03. The van der Waals surface area contributed by atoms with Crippen LogP contribution in [0.15, 0.2) is 29.3 Å². The lowest BCUT2D eigenvalue weighted by molar-refractivity contribution is 0.106. The van der Waals surface area contributed by atoms with E-state index < -0.39 is 0 Å². The van der Waals surface area contributed by atoms with E-state index in [0.29, 0.717) is 6.54 Å². The summed E-state index contributed by atoms with van der Waals surface area (Å²) in [6, 6.07) is 6.34. The first-order valence-corrected chi connectivity index (χ1v) is 8.51. The van der Waals surface area contributed by atoms with E-state index in [1.165, 1.54) is 12.1 Å². The molecule has 0 aliphatic heterocycles. The van der Waals surface area contributed by atoms with E-state index in [9.17, 15) is 4.39 Å². The van der Waals surface area contributed by atoms with Crippen LogP contribution in [0.5, 0.6) is 0 Å². The molecule has 1 aromatic carbocycles. The van der Waals surface area contributed by atoms with E-state index in [1.807, 2.05) is 0 Å². The number of aliphatic imine (C=N–C) groups is 1. The number of hydrogen-bond acceptors (Lipinski definition) is 4. The first-order valence-electron chi connectivity index (χ1n) is 8.51. The van der Waals surface area contributed by atoms with Crippen LogP contribution in [0, 0.1) is 5.82 Å². The van der Waals surface area contributed by atoms with Gasteiger partial charge in [-0.15, -0.1) is 0 Å². The van der Waals surface area contributed by atoms with Crippen molar-refractivity contribution in [3.05, 3.63) is 35.6 Å². The predicted molar refractivity (Wildman–Crippen MR) is 99.5 cm³/mol. The van der Waals surface area contributed by atoms with E-state index in [2.05, 4.69) is 27.6 Å². The van der Waals surface area contributed by atoms with E-state index in [0.717, 1.165) is 44.2 Å². The molecule has 0 bridgehead atoms. The molecule has 1 rings (SSSR count). The molecule has 0 heterocycles. The topological polar surface area (TPSA) is 58.1 Å². The summed E-state index contributed by atoms with van der Waals surface area (Å²) in [5.74, 6) is 0.466. The molecule has 0 aliphatic rings. The predicted octanol–water partition coefficient (Wildman–Crippen LogP) is 1.65. The molecule has 0 saturated heterocycles. The molecule has 1 aromatic rings. The van der Waals surface area contributed by atoms with Crippen LogP contribution in [-0.2, 0) is 9.47 Å². The third-order valence-electron chi connectivity index (χ3n) is 3.88. The fourth-order valence-electron chi connectivity index (χ4n) is 2.38. The SMILES string of the molecule is CN=C(NCCN(C)CCCOC)NCC(OC)c1ccc(F)cc1. The van der Waals surface area contributed by atoms with Crippen molar-refractivity contribution in [2.45, 2.75) is 12.5 Å². The minimum atomic E-state index is -0.251. The van der Waals surface area contributed by atoms with Crippen molar-refractivity contribution in [1.82, 2.24) is 15.5 Å². The third-order valence-corrected chi connectivity index (χ3v) is 3.88. The van der Waals surface area contributed by atoms with Crippen molar-refractivity contribution in [1.29, 1.82) is 0 Å². The maximum absolute atomic E-state index is 13.0. The summed E-state index contributed by atoms with van der Waals surface area (Å²) in [5, 5.41) is 6.52. The molecule has 6 nitrogen and oxygen atoms in total. The number of guanidine groups is 1. The molecule has 2 N–H and O–H groups in total. The number of likely N-dealkylation sites (N-methyl/N-ethyl adjacent to an activating group) is 1. The van der Waals surface area contributed by atoms with Gasteiger partial charge in [-0.25, -0.2) is 4.39 Å². The summed E-state index contributed by atoms with van der Waals surface area (Å²) >= 11 is 0. The van der Waals surface area contributed by atoms with E-state index in [4.69, 9.17) is 9.47 Å². The van der Waals surface area contributed by atoms with Crippen molar-refractivity contribution in [2.75, 3.05) is 61.1 Å². The molecule has 0 aromatic heterocycles. The van der Waals surface area contributed by atoms with Crippen LogP contribution in [0.2, 0.25) is 0 Å². The lowest BCUT2D eigenvalue weighted by atomic mass is 10.1. The van der Waals surface area contributed by atoms with Crippen LogP contribution in [0.3, 0.4) is 0 Å². The van der Waals surface area contributed by atoms with Crippen LogP contribution < -0.4 is 10.6 Å². The molecule has 0 spiro atoms. The number of nitrogens with one attached hydrogen (secondary N) is 2. The number of nitrogens with zero attached hydrogens (tertiary/aromatic N) is 2. The van der Waals surface area contributed by atoms with Gasteiger partial charge in [-0.2, -0.15) is 0 Å². The lowest BCUT2D eigenvalue weighted by Crippen LogP contribution is -2.42. The van der Waals surface area contributed by atoms with Crippen molar-refractivity contribution in [2.24, 2.45) is 4.99 Å². The fourth-order valence-corrected chi connectivity index (χ4v) is 2.38. The molecule has 0 amide bonds. The Balaban J connectivity index is 2.34. The average Bonchev–Trinajstić information content (AvgIpc) is 2.62. The second kappa shape index (κ2) is 12.6. The number of methoxy groups -OCH3 is 2. The zero-order chi connectivity index (χ0) is 18.5. The van der Waals surface area contributed by atoms with Crippen LogP contribution in [0.25, 0.3) is 0 Å². The number of rotatable bonds is 11. The highest BCUT2D eigenvalue weighted by atomic mass is 19.1.